The third-order valence-corrected chi connectivity index (χ3v) is 0.764. The van der Waals surface area contributed by atoms with Crippen LogP contribution in [0.1, 0.15) is 5.82 Å². The lowest BCUT2D eigenvalue weighted by Gasteiger charge is -1.86. The Hall–Kier alpha value is -0.870. The van der Waals surface area contributed by atoms with E-state index in [2.05, 4.69) is 14.8 Å². The van der Waals surface area contributed by atoms with Crippen LogP contribution in [-0.4, -0.2) is 9.97 Å². The molecule has 0 aliphatic rings. The maximum Gasteiger partial charge on any atom is 0.134 e. The van der Waals surface area contributed by atoms with Crippen molar-refractivity contribution in [1.82, 2.24) is 15.9 Å². The Morgan fingerprint density at radius 3 is 3.25 bits per heavy atom. The fraction of sp³-hybridized carbons (Fsp3) is 0.250. The largest absolute Gasteiger partial charge is 0.347 e. The van der Waals surface area contributed by atoms with Gasteiger partial charge in [0.05, 0.1) is 0 Å². The Labute approximate surface area is 46.6 Å². The smallest absolute Gasteiger partial charge is 0.134 e. The molecule has 1 radical (unpaired) electrons. The number of nitrogens with one attached hydrogen (secondary N) is 2. The third-order valence-electron chi connectivity index (χ3n) is 0.764. The number of aromatic amines is 1. The normalized spacial score (nSPS) is 9.62. The molecule has 0 aliphatic carbocycles. The fourth-order valence-corrected chi connectivity index (χ4v) is 0.445. The zero-order valence-corrected chi connectivity index (χ0v) is 4.22. The van der Waals surface area contributed by atoms with Crippen LogP contribution in [0.5, 0.6) is 0 Å². The van der Waals surface area contributed by atoms with Gasteiger partial charge in [0.15, 0.2) is 0 Å². The van der Waals surface area contributed by atoms with E-state index in [0.717, 1.165) is 0 Å². The number of imidazole rings is 1. The second-order valence-corrected chi connectivity index (χ2v) is 1.32. The standard InChI is InChI=1S/C4H6N3O/c5-8-3-4-6-1-2-7-4/h1-2,5H,3H2,(H,6,7). The van der Waals surface area contributed by atoms with E-state index in [1.165, 1.54) is 0 Å². The van der Waals surface area contributed by atoms with Gasteiger partial charge in [0.1, 0.15) is 12.4 Å². The van der Waals surface area contributed by atoms with Gasteiger partial charge in [0.2, 0.25) is 0 Å². The van der Waals surface area contributed by atoms with Gasteiger partial charge in [-0.05, 0) is 0 Å². The molecular formula is C4H6N3O. The van der Waals surface area contributed by atoms with Crippen molar-refractivity contribution < 1.29 is 4.84 Å². The highest BCUT2D eigenvalue weighted by Crippen LogP contribution is 1.87. The van der Waals surface area contributed by atoms with Gasteiger partial charge in [-0.25, -0.2) is 4.98 Å². The molecule has 8 heavy (non-hydrogen) atoms. The number of hydrogen-bond donors (Lipinski definition) is 1. The van der Waals surface area contributed by atoms with Crippen molar-refractivity contribution in [2.24, 2.45) is 0 Å². The van der Waals surface area contributed by atoms with Crippen LogP contribution in [0.2, 0.25) is 0 Å². The first-order valence-corrected chi connectivity index (χ1v) is 2.20. The van der Waals surface area contributed by atoms with Crippen molar-refractivity contribution >= 4 is 0 Å². The minimum Gasteiger partial charge on any atom is -0.347 e. The highest BCUT2D eigenvalue weighted by Gasteiger charge is 1.88. The molecule has 4 heteroatoms. The summed E-state index contributed by atoms with van der Waals surface area (Å²) < 4.78 is 0. The predicted octanol–water partition coefficient (Wildman–Crippen LogP) is 0.124. The van der Waals surface area contributed by atoms with Gasteiger partial charge in [0, 0.05) is 12.4 Å². The van der Waals surface area contributed by atoms with E-state index in [4.69, 9.17) is 5.90 Å². The van der Waals surface area contributed by atoms with Crippen molar-refractivity contribution in [3.05, 3.63) is 18.2 Å². The van der Waals surface area contributed by atoms with Crippen molar-refractivity contribution in [2.75, 3.05) is 0 Å². The zero-order chi connectivity index (χ0) is 5.82. The molecule has 0 saturated heterocycles. The minimum atomic E-state index is 0.229. The van der Waals surface area contributed by atoms with Crippen LogP contribution in [0.15, 0.2) is 12.4 Å². The van der Waals surface area contributed by atoms with Crippen LogP contribution < -0.4 is 5.90 Å². The molecule has 1 rings (SSSR count). The Kier molecular flexibility index (Phi) is 1.61. The first-order chi connectivity index (χ1) is 3.93. The molecule has 0 unspecified atom stereocenters. The highest BCUT2D eigenvalue weighted by atomic mass is 16.6. The Bertz CT molecular complexity index is 137. The molecule has 0 atom stereocenters. The molecule has 0 bridgehead atoms. The molecule has 1 heterocycles. The summed E-state index contributed by atoms with van der Waals surface area (Å²) in [4.78, 5) is 10.6. The monoisotopic (exact) mass is 112 g/mol. The zero-order valence-electron chi connectivity index (χ0n) is 4.22. The maximum absolute atomic E-state index is 6.32. The summed E-state index contributed by atoms with van der Waals surface area (Å²) in [6, 6.07) is 0. The van der Waals surface area contributed by atoms with Crippen LogP contribution >= 0.6 is 0 Å². The fourth-order valence-electron chi connectivity index (χ4n) is 0.445. The molecule has 0 fully saturated rings. The molecule has 1 aromatic rings. The highest BCUT2D eigenvalue weighted by molar-refractivity contribution is 4.83. The second-order valence-electron chi connectivity index (χ2n) is 1.32. The van der Waals surface area contributed by atoms with Gasteiger partial charge in [-0.3, -0.25) is 4.84 Å². The van der Waals surface area contributed by atoms with Gasteiger partial charge in [-0.1, -0.05) is 0 Å². The summed E-state index contributed by atoms with van der Waals surface area (Å²) in [6.07, 6.45) is 3.31. The van der Waals surface area contributed by atoms with Gasteiger partial charge in [-0.2, -0.15) is 0 Å². The number of nitrogens with zero attached hydrogens (tertiary/aromatic N) is 1. The molecule has 0 saturated carbocycles. The van der Waals surface area contributed by atoms with E-state index in [0.29, 0.717) is 5.82 Å². The van der Waals surface area contributed by atoms with Crippen molar-refractivity contribution in [3.8, 4) is 0 Å². The van der Waals surface area contributed by atoms with Crippen LogP contribution in [-0.2, 0) is 11.4 Å². The minimum absolute atomic E-state index is 0.229. The van der Waals surface area contributed by atoms with Crippen molar-refractivity contribution in [3.63, 3.8) is 0 Å². The molecule has 0 amide bonds. The van der Waals surface area contributed by atoms with E-state index >= 15 is 0 Å². The molecule has 0 spiro atoms. The number of aromatic nitrogens is 2. The topological polar surface area (TPSA) is 61.7 Å². The summed E-state index contributed by atoms with van der Waals surface area (Å²) >= 11 is 0. The SMILES string of the molecule is [NH]OCc1ncc[nH]1. The summed E-state index contributed by atoms with van der Waals surface area (Å²) in [7, 11) is 0. The quantitative estimate of drug-likeness (QED) is 0.552. The first kappa shape index (κ1) is 5.27. The van der Waals surface area contributed by atoms with Crippen molar-refractivity contribution in [2.45, 2.75) is 6.61 Å². The maximum atomic E-state index is 6.32. The molecule has 1 aromatic heterocycles. The average Bonchev–Trinajstić information content (AvgIpc) is 2.19. The predicted molar refractivity (Wildman–Crippen MR) is 26.5 cm³/mol. The Morgan fingerprint density at radius 1 is 1.88 bits per heavy atom. The van der Waals surface area contributed by atoms with Crippen LogP contribution in [0.4, 0.5) is 0 Å². The first-order valence-electron chi connectivity index (χ1n) is 2.20. The lowest BCUT2D eigenvalue weighted by molar-refractivity contribution is 0.0994. The average molecular weight is 112 g/mol. The van der Waals surface area contributed by atoms with Crippen LogP contribution in [0.25, 0.3) is 0 Å². The van der Waals surface area contributed by atoms with E-state index in [1.54, 1.807) is 12.4 Å². The van der Waals surface area contributed by atoms with Gasteiger partial charge >= 0.3 is 0 Å². The molecule has 43 valence electrons. The summed E-state index contributed by atoms with van der Waals surface area (Å²) in [5.41, 5.74) is 0. The summed E-state index contributed by atoms with van der Waals surface area (Å²) in [5.74, 6) is 7.00. The molecule has 4 nitrogen and oxygen atoms in total. The second kappa shape index (κ2) is 2.44. The van der Waals surface area contributed by atoms with E-state index in [9.17, 15) is 0 Å². The summed E-state index contributed by atoms with van der Waals surface area (Å²) in [5, 5.41) is 0. The van der Waals surface area contributed by atoms with E-state index in [-0.39, 0.29) is 6.61 Å². The van der Waals surface area contributed by atoms with Gasteiger partial charge in [-0.15, -0.1) is 5.90 Å². The molecule has 0 aromatic carbocycles. The van der Waals surface area contributed by atoms with E-state index in [1.807, 2.05) is 0 Å². The lowest BCUT2D eigenvalue weighted by Crippen LogP contribution is -1.90. The number of H-pyrrole nitrogens is 1. The van der Waals surface area contributed by atoms with Crippen molar-refractivity contribution in [1.29, 1.82) is 0 Å². The molecule has 2 N–H and O–H groups in total. The Morgan fingerprint density at radius 2 is 2.75 bits per heavy atom. The van der Waals surface area contributed by atoms with Gasteiger partial charge in [0.25, 0.3) is 0 Å². The number of rotatable bonds is 2. The van der Waals surface area contributed by atoms with E-state index < -0.39 is 0 Å². The third kappa shape index (κ3) is 1.05. The molecular weight excluding hydrogens is 106 g/mol. The van der Waals surface area contributed by atoms with Crippen LogP contribution in [0, 0.1) is 0 Å². The number of hydrogen-bond acceptors (Lipinski definition) is 2. The lowest BCUT2D eigenvalue weighted by atomic mass is 10.7. The van der Waals surface area contributed by atoms with Crippen LogP contribution in [0.3, 0.4) is 0 Å². The molecule has 0 aliphatic heterocycles. The summed E-state index contributed by atoms with van der Waals surface area (Å²) in [6.45, 7) is 0.229. The Balaban J connectivity index is 2.50. The van der Waals surface area contributed by atoms with Gasteiger partial charge < -0.3 is 4.98 Å².